The van der Waals surface area contributed by atoms with Crippen LogP contribution in [0.5, 0.6) is 0 Å². The highest BCUT2D eigenvalue weighted by Crippen LogP contribution is 2.36. The molecule has 8 nitrogen and oxygen atoms in total. The van der Waals surface area contributed by atoms with Crippen LogP contribution in [0.15, 0.2) is 41.3 Å². The number of carbonyl (C=O) groups is 2. The highest BCUT2D eigenvalue weighted by molar-refractivity contribution is 7.92. The third-order valence-electron chi connectivity index (χ3n) is 5.49. The molecule has 0 spiro atoms. The van der Waals surface area contributed by atoms with Crippen molar-refractivity contribution in [3.8, 4) is 11.1 Å². The van der Waals surface area contributed by atoms with Gasteiger partial charge >= 0.3 is 0 Å². The number of aryl methyl sites for hydroxylation is 3. The SMILES string of the molecule is CCc1nn2c(c1-c1ccc(C)c(S(=O)(=O)Nc3ccc(C)cc3Cl)c1)NC(=O)CCC2=O. The van der Waals surface area contributed by atoms with Gasteiger partial charge in [0.25, 0.3) is 10.0 Å². The van der Waals surface area contributed by atoms with Crippen molar-refractivity contribution in [3.63, 3.8) is 0 Å². The lowest BCUT2D eigenvalue weighted by molar-refractivity contribution is -0.116. The first-order chi connectivity index (χ1) is 15.6. The zero-order valence-corrected chi connectivity index (χ0v) is 20.0. The summed E-state index contributed by atoms with van der Waals surface area (Å²) < 4.78 is 30.3. The summed E-state index contributed by atoms with van der Waals surface area (Å²) in [6.45, 7) is 5.44. The molecule has 0 unspecified atom stereocenters. The van der Waals surface area contributed by atoms with Gasteiger partial charge in [-0.2, -0.15) is 9.78 Å². The molecular formula is C23H23ClN4O4S. The Kier molecular flexibility index (Phi) is 6.02. The molecule has 0 bridgehead atoms. The minimum atomic E-state index is -3.98. The lowest BCUT2D eigenvalue weighted by atomic mass is 10.0. The Morgan fingerprint density at radius 3 is 2.58 bits per heavy atom. The second-order valence-corrected chi connectivity index (χ2v) is 10.0. The van der Waals surface area contributed by atoms with Crippen LogP contribution >= 0.6 is 11.6 Å². The molecule has 0 saturated carbocycles. The molecule has 33 heavy (non-hydrogen) atoms. The fourth-order valence-corrected chi connectivity index (χ4v) is 5.47. The number of carbonyl (C=O) groups excluding carboxylic acids is 2. The molecule has 2 N–H and O–H groups in total. The summed E-state index contributed by atoms with van der Waals surface area (Å²) in [5.41, 5.74) is 3.37. The van der Waals surface area contributed by atoms with Gasteiger partial charge in [0, 0.05) is 18.4 Å². The van der Waals surface area contributed by atoms with E-state index in [1.165, 1.54) is 10.7 Å². The standard InChI is InChI=1S/C23H23ClN4O4S/c1-4-17-22(23-25-20(29)9-10-21(30)28(23)26-17)15-7-6-14(3)19(12-15)33(31,32)27-18-8-5-13(2)11-16(18)24/h5-8,11-12,27H,4,9-10H2,1-3H3,(H,25,29). The molecule has 1 amide bonds. The highest BCUT2D eigenvalue weighted by Gasteiger charge is 2.28. The second kappa shape index (κ2) is 8.64. The highest BCUT2D eigenvalue weighted by atomic mass is 35.5. The number of hydrogen-bond acceptors (Lipinski definition) is 5. The lowest BCUT2D eigenvalue weighted by Gasteiger charge is -2.14. The van der Waals surface area contributed by atoms with Crippen molar-refractivity contribution in [1.82, 2.24) is 9.78 Å². The third kappa shape index (κ3) is 4.38. The zero-order chi connectivity index (χ0) is 23.9. The predicted octanol–water partition coefficient (Wildman–Crippen LogP) is 4.56. The fraction of sp³-hybridized carbons (Fsp3) is 0.261. The van der Waals surface area contributed by atoms with Crippen molar-refractivity contribution in [1.29, 1.82) is 0 Å². The smallest absolute Gasteiger partial charge is 0.262 e. The summed E-state index contributed by atoms with van der Waals surface area (Å²) in [7, 11) is -3.98. The van der Waals surface area contributed by atoms with Crippen LogP contribution in [0.2, 0.25) is 5.02 Å². The summed E-state index contributed by atoms with van der Waals surface area (Å²) in [5.74, 6) is -0.317. The van der Waals surface area contributed by atoms with Gasteiger partial charge in [0.2, 0.25) is 11.8 Å². The number of nitrogens with zero attached hydrogens (tertiary/aromatic N) is 2. The van der Waals surface area contributed by atoms with E-state index < -0.39 is 10.0 Å². The second-order valence-electron chi connectivity index (χ2n) is 7.95. The van der Waals surface area contributed by atoms with E-state index in [2.05, 4.69) is 15.1 Å². The predicted molar refractivity (Wildman–Crippen MR) is 127 cm³/mol. The Bertz CT molecular complexity index is 1400. The number of nitrogens with one attached hydrogen (secondary N) is 2. The molecular weight excluding hydrogens is 464 g/mol. The van der Waals surface area contributed by atoms with Crippen molar-refractivity contribution in [2.45, 2.75) is 44.9 Å². The summed E-state index contributed by atoms with van der Waals surface area (Å²) in [6, 6.07) is 10.0. The van der Waals surface area contributed by atoms with Gasteiger partial charge in [-0.3, -0.25) is 14.3 Å². The maximum atomic E-state index is 13.3. The van der Waals surface area contributed by atoms with Gasteiger partial charge < -0.3 is 5.32 Å². The number of sulfonamides is 1. The van der Waals surface area contributed by atoms with E-state index >= 15 is 0 Å². The molecule has 2 heterocycles. The molecule has 1 aromatic heterocycles. The number of benzene rings is 2. The number of rotatable bonds is 5. The Balaban J connectivity index is 1.83. The van der Waals surface area contributed by atoms with Crippen LogP contribution in [0.3, 0.4) is 0 Å². The fourth-order valence-electron chi connectivity index (χ4n) is 3.78. The molecule has 0 saturated heterocycles. The van der Waals surface area contributed by atoms with Crippen LogP contribution in [-0.4, -0.2) is 30.0 Å². The van der Waals surface area contributed by atoms with Gasteiger partial charge in [-0.25, -0.2) is 8.42 Å². The molecule has 1 aliphatic rings. The molecule has 4 rings (SSSR count). The van der Waals surface area contributed by atoms with E-state index in [4.69, 9.17) is 11.6 Å². The molecule has 2 aromatic carbocycles. The average molecular weight is 487 g/mol. The largest absolute Gasteiger partial charge is 0.310 e. The Hall–Kier alpha value is -3.17. The van der Waals surface area contributed by atoms with Crippen molar-refractivity contribution < 1.29 is 18.0 Å². The van der Waals surface area contributed by atoms with Crippen LogP contribution in [0.25, 0.3) is 11.1 Å². The maximum Gasteiger partial charge on any atom is 0.262 e. The van der Waals surface area contributed by atoms with Crippen molar-refractivity contribution in [2.75, 3.05) is 10.0 Å². The Morgan fingerprint density at radius 2 is 1.88 bits per heavy atom. The molecule has 1 aliphatic heterocycles. The number of amides is 1. The number of aromatic nitrogens is 2. The van der Waals surface area contributed by atoms with Gasteiger partial charge in [0.05, 0.1) is 21.3 Å². The van der Waals surface area contributed by atoms with Crippen LogP contribution in [0.1, 0.15) is 41.4 Å². The quantitative estimate of drug-likeness (QED) is 0.549. The van der Waals surface area contributed by atoms with E-state index in [1.807, 2.05) is 13.8 Å². The summed E-state index contributed by atoms with van der Waals surface area (Å²) in [6.07, 6.45) is 0.612. The average Bonchev–Trinajstić information content (AvgIpc) is 3.05. The molecule has 3 aromatic rings. The molecule has 172 valence electrons. The monoisotopic (exact) mass is 486 g/mol. The maximum absolute atomic E-state index is 13.3. The van der Waals surface area contributed by atoms with Gasteiger partial charge in [-0.15, -0.1) is 0 Å². The van der Waals surface area contributed by atoms with E-state index in [-0.39, 0.29) is 41.1 Å². The Labute approximate surface area is 197 Å². The normalized spacial score (nSPS) is 13.9. The van der Waals surface area contributed by atoms with E-state index in [1.54, 1.807) is 37.3 Å². The molecule has 0 aliphatic carbocycles. The van der Waals surface area contributed by atoms with Gasteiger partial charge in [-0.1, -0.05) is 36.7 Å². The van der Waals surface area contributed by atoms with Crippen LogP contribution < -0.4 is 10.0 Å². The van der Waals surface area contributed by atoms with Crippen LogP contribution in [0, 0.1) is 13.8 Å². The van der Waals surface area contributed by atoms with E-state index in [9.17, 15) is 18.0 Å². The van der Waals surface area contributed by atoms with Crippen LogP contribution in [0.4, 0.5) is 11.5 Å². The first kappa shape index (κ1) is 23.0. The third-order valence-corrected chi connectivity index (χ3v) is 7.31. The molecule has 10 heteroatoms. The summed E-state index contributed by atoms with van der Waals surface area (Å²) >= 11 is 6.23. The number of hydrogen-bond donors (Lipinski definition) is 2. The first-order valence-electron chi connectivity index (χ1n) is 10.5. The number of halogens is 1. The summed E-state index contributed by atoms with van der Waals surface area (Å²) in [5, 5.41) is 7.45. The number of fused-ring (bicyclic) bond motifs is 1. The first-order valence-corrected chi connectivity index (χ1v) is 12.3. The van der Waals surface area contributed by atoms with Crippen LogP contribution in [-0.2, 0) is 21.2 Å². The number of anilines is 2. The summed E-state index contributed by atoms with van der Waals surface area (Å²) in [4.78, 5) is 24.7. The van der Waals surface area contributed by atoms with E-state index in [0.29, 0.717) is 33.8 Å². The van der Waals surface area contributed by atoms with Crippen molar-refractivity contribution >= 4 is 44.9 Å². The van der Waals surface area contributed by atoms with Gasteiger partial charge in [0.1, 0.15) is 5.82 Å². The minimum Gasteiger partial charge on any atom is -0.310 e. The minimum absolute atomic E-state index is 0.0534. The Morgan fingerprint density at radius 1 is 1.12 bits per heavy atom. The van der Waals surface area contributed by atoms with Gasteiger partial charge in [0.15, 0.2) is 0 Å². The lowest BCUT2D eigenvalue weighted by Crippen LogP contribution is -2.15. The van der Waals surface area contributed by atoms with Gasteiger partial charge in [-0.05, 0) is 55.2 Å². The molecule has 0 fully saturated rings. The van der Waals surface area contributed by atoms with E-state index in [0.717, 1.165) is 5.56 Å². The topological polar surface area (TPSA) is 110 Å². The van der Waals surface area contributed by atoms with Crippen molar-refractivity contribution in [2.24, 2.45) is 0 Å². The molecule has 0 radical (unpaired) electrons. The molecule has 0 atom stereocenters. The zero-order valence-electron chi connectivity index (χ0n) is 18.4. The van der Waals surface area contributed by atoms with Crippen molar-refractivity contribution in [3.05, 3.63) is 58.2 Å².